The fourth-order valence-corrected chi connectivity index (χ4v) is 3.84. The van der Waals surface area contributed by atoms with Crippen molar-refractivity contribution in [2.75, 3.05) is 49.3 Å². The normalized spacial score (nSPS) is 15.6. The van der Waals surface area contributed by atoms with Crippen LogP contribution in [0.25, 0.3) is 0 Å². The lowest BCUT2D eigenvalue weighted by Gasteiger charge is -2.28. The van der Waals surface area contributed by atoms with Crippen LogP contribution in [0.4, 0.5) is 23.3 Å². The Morgan fingerprint density at radius 1 is 1.30 bits per heavy atom. The molecular weight excluding hydrogens is 416 g/mol. The number of anilines is 4. The number of hydrogen-bond donors (Lipinski definition) is 4. The van der Waals surface area contributed by atoms with Gasteiger partial charge in [0.2, 0.25) is 5.95 Å². The Bertz CT molecular complexity index is 1050. The number of amides is 1. The molecule has 33 heavy (non-hydrogen) atoms. The molecule has 0 saturated carbocycles. The molecule has 1 saturated heterocycles. The van der Waals surface area contributed by atoms with Gasteiger partial charge in [-0.15, -0.1) is 0 Å². The van der Waals surface area contributed by atoms with Crippen molar-refractivity contribution < 1.29 is 4.79 Å². The van der Waals surface area contributed by atoms with Crippen LogP contribution in [0.5, 0.6) is 0 Å². The van der Waals surface area contributed by atoms with Gasteiger partial charge in [-0.1, -0.05) is 26.8 Å². The molecule has 1 aromatic carbocycles. The Kier molecular flexibility index (Phi) is 7.39. The number of nitrogens with zero attached hydrogens (tertiary/aromatic N) is 4. The number of hydrogen-bond acceptors (Lipinski definition) is 8. The van der Waals surface area contributed by atoms with E-state index in [4.69, 9.17) is 9.97 Å². The monoisotopic (exact) mass is 450 g/mol. The van der Waals surface area contributed by atoms with Gasteiger partial charge in [0, 0.05) is 44.5 Å². The molecule has 1 fully saturated rings. The summed E-state index contributed by atoms with van der Waals surface area (Å²) in [4.78, 5) is 23.6. The maximum atomic E-state index is 12.1. The Hall–Kier alpha value is -3.38. The number of rotatable bonds is 7. The summed E-state index contributed by atoms with van der Waals surface area (Å²) in [6, 6.07) is 7.88. The highest BCUT2D eigenvalue weighted by Crippen LogP contribution is 2.30. The van der Waals surface area contributed by atoms with Crippen LogP contribution in [0, 0.1) is 23.7 Å². The lowest BCUT2D eigenvalue weighted by Crippen LogP contribution is -2.31. The standard InChI is InChI=1S/C24H34N8O/c1-15-7-8-16(22(33)26-5)11-19(15)29-21-18(12-25)20(28-17-9-10-27-13-17)30-23(31-21)32(6)14-24(2,3)4/h7-8,11,17,27H,9-10,13-14H2,1-6H3,(H,26,33)(H2,28,29,30,31)/t17-/m1/s1. The first-order chi connectivity index (χ1) is 15.6. The van der Waals surface area contributed by atoms with E-state index in [1.54, 1.807) is 19.2 Å². The van der Waals surface area contributed by atoms with Gasteiger partial charge in [-0.2, -0.15) is 15.2 Å². The summed E-state index contributed by atoms with van der Waals surface area (Å²) in [5.41, 5.74) is 2.56. The molecule has 4 N–H and O–H groups in total. The molecule has 176 valence electrons. The average molecular weight is 451 g/mol. The van der Waals surface area contributed by atoms with Gasteiger partial charge < -0.3 is 26.2 Å². The van der Waals surface area contributed by atoms with E-state index in [1.165, 1.54) is 0 Å². The smallest absolute Gasteiger partial charge is 0.251 e. The molecule has 1 atom stereocenters. The van der Waals surface area contributed by atoms with Gasteiger partial charge in [0.1, 0.15) is 11.6 Å². The third-order valence-electron chi connectivity index (χ3n) is 5.44. The second-order valence-electron chi connectivity index (χ2n) is 9.69. The minimum Gasteiger partial charge on any atom is -0.365 e. The Morgan fingerprint density at radius 3 is 2.64 bits per heavy atom. The third kappa shape index (κ3) is 6.11. The van der Waals surface area contributed by atoms with E-state index in [0.717, 1.165) is 31.6 Å². The van der Waals surface area contributed by atoms with Crippen LogP contribution in [0.3, 0.4) is 0 Å². The summed E-state index contributed by atoms with van der Waals surface area (Å²) in [6.45, 7) is 10.9. The average Bonchev–Trinajstić information content (AvgIpc) is 3.26. The maximum absolute atomic E-state index is 12.1. The highest BCUT2D eigenvalue weighted by atomic mass is 16.1. The van der Waals surface area contributed by atoms with Crippen LogP contribution in [-0.4, -0.2) is 55.6 Å². The molecule has 3 rings (SSSR count). The van der Waals surface area contributed by atoms with E-state index in [1.807, 2.05) is 24.9 Å². The molecule has 0 spiro atoms. The molecular formula is C24H34N8O. The number of nitriles is 1. The predicted molar refractivity (Wildman–Crippen MR) is 132 cm³/mol. The van der Waals surface area contributed by atoms with E-state index >= 15 is 0 Å². The van der Waals surface area contributed by atoms with Crippen molar-refractivity contribution in [3.63, 3.8) is 0 Å². The van der Waals surface area contributed by atoms with Crippen molar-refractivity contribution in [2.45, 2.75) is 40.2 Å². The molecule has 0 unspecified atom stereocenters. The highest BCUT2D eigenvalue weighted by Gasteiger charge is 2.23. The number of carbonyl (C=O) groups excluding carboxylic acids is 1. The first kappa shape index (κ1) is 24.3. The van der Waals surface area contributed by atoms with Crippen molar-refractivity contribution in [3.05, 3.63) is 34.9 Å². The van der Waals surface area contributed by atoms with E-state index in [9.17, 15) is 10.1 Å². The number of nitrogens with one attached hydrogen (secondary N) is 4. The van der Waals surface area contributed by atoms with Crippen molar-refractivity contribution in [3.8, 4) is 6.07 Å². The minimum atomic E-state index is -0.178. The topological polar surface area (TPSA) is 118 Å². The van der Waals surface area contributed by atoms with Crippen LogP contribution >= 0.6 is 0 Å². The van der Waals surface area contributed by atoms with E-state index < -0.39 is 0 Å². The largest absolute Gasteiger partial charge is 0.365 e. The molecule has 2 aromatic rings. The second kappa shape index (κ2) is 10.0. The first-order valence-corrected chi connectivity index (χ1v) is 11.2. The van der Waals surface area contributed by atoms with Crippen LogP contribution < -0.4 is 26.2 Å². The molecule has 0 aliphatic carbocycles. The number of aryl methyl sites for hydroxylation is 1. The summed E-state index contributed by atoms with van der Waals surface area (Å²) in [7, 11) is 3.55. The van der Waals surface area contributed by atoms with Crippen LogP contribution in [0.15, 0.2) is 18.2 Å². The Labute approximate surface area is 196 Å². The van der Waals surface area contributed by atoms with Gasteiger partial charge in [-0.3, -0.25) is 4.79 Å². The molecule has 1 aliphatic heterocycles. The quantitative estimate of drug-likeness (QED) is 0.508. The van der Waals surface area contributed by atoms with Crippen molar-refractivity contribution >= 4 is 29.2 Å². The fourth-order valence-electron chi connectivity index (χ4n) is 3.84. The summed E-state index contributed by atoms with van der Waals surface area (Å²) >= 11 is 0. The second-order valence-corrected chi connectivity index (χ2v) is 9.69. The SMILES string of the molecule is CNC(=O)c1ccc(C)c(Nc2nc(N(C)CC(C)(C)C)nc(N[C@@H]3CCNC3)c2C#N)c1. The lowest BCUT2D eigenvalue weighted by molar-refractivity contribution is 0.0963. The zero-order chi connectivity index (χ0) is 24.2. The molecule has 9 heteroatoms. The predicted octanol–water partition coefficient (Wildman–Crippen LogP) is 3.02. The first-order valence-electron chi connectivity index (χ1n) is 11.2. The zero-order valence-electron chi connectivity index (χ0n) is 20.3. The summed E-state index contributed by atoms with van der Waals surface area (Å²) < 4.78 is 0. The van der Waals surface area contributed by atoms with Gasteiger partial charge in [0.05, 0.1) is 0 Å². The zero-order valence-corrected chi connectivity index (χ0v) is 20.3. The van der Waals surface area contributed by atoms with E-state index in [0.29, 0.717) is 34.4 Å². The molecule has 0 bridgehead atoms. The van der Waals surface area contributed by atoms with Gasteiger partial charge in [-0.25, -0.2) is 0 Å². The number of benzene rings is 1. The summed E-state index contributed by atoms with van der Waals surface area (Å²) in [5, 5.41) is 22.7. The van der Waals surface area contributed by atoms with Gasteiger partial charge in [-0.05, 0) is 43.0 Å². The lowest BCUT2D eigenvalue weighted by atomic mass is 9.96. The van der Waals surface area contributed by atoms with Gasteiger partial charge >= 0.3 is 0 Å². The van der Waals surface area contributed by atoms with Crippen molar-refractivity contribution in [2.24, 2.45) is 5.41 Å². The van der Waals surface area contributed by atoms with Crippen molar-refractivity contribution in [1.29, 1.82) is 5.26 Å². The van der Waals surface area contributed by atoms with E-state index in [-0.39, 0.29) is 17.4 Å². The highest BCUT2D eigenvalue weighted by molar-refractivity contribution is 5.95. The van der Waals surface area contributed by atoms with E-state index in [2.05, 4.69) is 48.1 Å². The molecule has 0 radical (unpaired) electrons. The third-order valence-corrected chi connectivity index (χ3v) is 5.44. The van der Waals surface area contributed by atoms with Crippen LogP contribution in [0.2, 0.25) is 0 Å². The van der Waals surface area contributed by atoms with Gasteiger partial charge in [0.15, 0.2) is 11.6 Å². The summed E-state index contributed by atoms with van der Waals surface area (Å²) in [5.74, 6) is 1.27. The molecule has 1 aliphatic rings. The minimum absolute atomic E-state index is 0.0427. The Morgan fingerprint density at radius 2 is 2.03 bits per heavy atom. The van der Waals surface area contributed by atoms with Crippen LogP contribution in [-0.2, 0) is 0 Å². The maximum Gasteiger partial charge on any atom is 0.251 e. The molecule has 1 aromatic heterocycles. The molecule has 9 nitrogen and oxygen atoms in total. The number of carbonyl (C=O) groups is 1. The van der Waals surface area contributed by atoms with Crippen molar-refractivity contribution in [1.82, 2.24) is 20.6 Å². The summed E-state index contributed by atoms with van der Waals surface area (Å²) in [6.07, 6.45) is 0.956. The molecule has 1 amide bonds. The van der Waals surface area contributed by atoms with Crippen LogP contribution in [0.1, 0.15) is 48.7 Å². The molecule has 2 heterocycles. The Balaban J connectivity index is 2.06. The number of aromatic nitrogens is 2. The fraction of sp³-hybridized carbons (Fsp3) is 0.500. The van der Waals surface area contributed by atoms with Gasteiger partial charge in [0.25, 0.3) is 5.91 Å².